The first kappa shape index (κ1) is 8.21. The van der Waals surface area contributed by atoms with Gasteiger partial charge in [0.05, 0.1) is 0 Å². The molecule has 0 fully saturated rings. The Hall–Kier alpha value is -0.790. The predicted molar refractivity (Wildman–Crippen MR) is 38.1 cm³/mol. The predicted octanol–water partition coefficient (Wildman–Crippen LogP) is 1.09. The molecule has 0 rings (SSSR count). The highest BCUT2D eigenvalue weighted by Gasteiger charge is 1.91. The Morgan fingerprint density at radius 2 is 2.33 bits per heavy atom. The van der Waals surface area contributed by atoms with Gasteiger partial charge in [0.25, 0.3) is 0 Å². The Kier molecular flexibility index (Phi) is 4.88. The van der Waals surface area contributed by atoms with Crippen LogP contribution < -0.4 is 5.32 Å². The summed E-state index contributed by atoms with van der Waals surface area (Å²) in [6, 6.07) is 0. The molecule has 0 atom stereocenters. The molecule has 1 amide bonds. The van der Waals surface area contributed by atoms with Crippen LogP contribution in [0.3, 0.4) is 0 Å². The molecule has 0 aliphatic heterocycles. The fraction of sp³-hybridized carbons (Fsp3) is 0.571. The summed E-state index contributed by atoms with van der Waals surface area (Å²) in [4.78, 5) is 10.5. The maximum Gasteiger partial charge on any atom is 0.220 e. The molecule has 9 heavy (non-hydrogen) atoms. The van der Waals surface area contributed by atoms with Crippen molar-refractivity contribution in [1.29, 1.82) is 0 Å². The number of allylic oxidation sites excluding steroid dienone is 2. The average Bonchev–Trinajstić information content (AvgIpc) is 1.89. The molecule has 2 nitrogen and oxygen atoms in total. The van der Waals surface area contributed by atoms with Crippen LogP contribution in [0.25, 0.3) is 0 Å². The molecule has 0 heterocycles. The van der Waals surface area contributed by atoms with Crippen molar-refractivity contribution in [1.82, 2.24) is 5.32 Å². The van der Waals surface area contributed by atoms with E-state index >= 15 is 0 Å². The van der Waals surface area contributed by atoms with Gasteiger partial charge in [0.1, 0.15) is 0 Å². The van der Waals surface area contributed by atoms with Crippen LogP contribution in [0.15, 0.2) is 12.2 Å². The van der Waals surface area contributed by atoms with Crippen molar-refractivity contribution in [2.24, 2.45) is 0 Å². The molecule has 0 bridgehead atoms. The third-order valence-corrected chi connectivity index (χ3v) is 1.05. The molecule has 0 saturated heterocycles. The second-order valence-electron chi connectivity index (χ2n) is 1.78. The Morgan fingerprint density at radius 1 is 1.67 bits per heavy atom. The minimum Gasteiger partial charge on any atom is -0.359 e. The Labute approximate surface area is 56.0 Å². The minimum atomic E-state index is 0.105. The van der Waals surface area contributed by atoms with E-state index in [9.17, 15) is 4.79 Å². The number of rotatable bonds is 3. The Morgan fingerprint density at radius 3 is 2.78 bits per heavy atom. The van der Waals surface area contributed by atoms with Crippen LogP contribution >= 0.6 is 0 Å². The van der Waals surface area contributed by atoms with Gasteiger partial charge in [-0.05, 0) is 13.3 Å². The highest BCUT2D eigenvalue weighted by atomic mass is 16.1. The van der Waals surface area contributed by atoms with Crippen molar-refractivity contribution >= 4 is 5.91 Å². The number of hydrogen-bond donors (Lipinski definition) is 1. The van der Waals surface area contributed by atoms with E-state index in [-0.39, 0.29) is 5.91 Å². The molecule has 0 aromatic heterocycles. The summed E-state index contributed by atoms with van der Waals surface area (Å²) in [5, 5.41) is 2.55. The summed E-state index contributed by atoms with van der Waals surface area (Å²) in [6.45, 7) is 1.95. The van der Waals surface area contributed by atoms with Crippen LogP contribution in [-0.4, -0.2) is 13.0 Å². The van der Waals surface area contributed by atoms with Gasteiger partial charge in [0, 0.05) is 13.5 Å². The second kappa shape index (κ2) is 5.35. The maximum absolute atomic E-state index is 10.5. The van der Waals surface area contributed by atoms with Crippen LogP contribution in [-0.2, 0) is 4.79 Å². The summed E-state index contributed by atoms with van der Waals surface area (Å²) in [7, 11) is 1.65. The summed E-state index contributed by atoms with van der Waals surface area (Å²) in [5.74, 6) is 0.105. The smallest absolute Gasteiger partial charge is 0.220 e. The van der Waals surface area contributed by atoms with Crippen molar-refractivity contribution < 1.29 is 4.79 Å². The van der Waals surface area contributed by atoms with E-state index in [4.69, 9.17) is 0 Å². The van der Waals surface area contributed by atoms with E-state index in [0.29, 0.717) is 6.42 Å². The van der Waals surface area contributed by atoms with Gasteiger partial charge in [-0.25, -0.2) is 0 Å². The van der Waals surface area contributed by atoms with Gasteiger partial charge in [-0.2, -0.15) is 0 Å². The van der Waals surface area contributed by atoms with Gasteiger partial charge in [-0.1, -0.05) is 12.2 Å². The summed E-state index contributed by atoms with van der Waals surface area (Å²) >= 11 is 0. The molecular weight excluding hydrogens is 114 g/mol. The van der Waals surface area contributed by atoms with Crippen LogP contribution in [0.4, 0.5) is 0 Å². The number of carbonyl (C=O) groups is 1. The maximum atomic E-state index is 10.5. The summed E-state index contributed by atoms with van der Waals surface area (Å²) < 4.78 is 0. The van der Waals surface area contributed by atoms with E-state index in [1.807, 2.05) is 19.1 Å². The lowest BCUT2D eigenvalue weighted by Crippen LogP contribution is -2.16. The zero-order valence-corrected chi connectivity index (χ0v) is 5.98. The molecule has 0 aliphatic rings. The number of amides is 1. The highest BCUT2D eigenvalue weighted by molar-refractivity contribution is 5.75. The Balaban J connectivity index is 3.17. The first-order chi connectivity index (χ1) is 4.31. The molecule has 52 valence electrons. The summed E-state index contributed by atoms with van der Waals surface area (Å²) in [6.07, 6.45) is 5.37. The molecule has 0 radical (unpaired) electrons. The first-order valence-corrected chi connectivity index (χ1v) is 3.13. The van der Waals surface area contributed by atoms with E-state index in [2.05, 4.69) is 5.32 Å². The average molecular weight is 127 g/mol. The standard InChI is InChI=1S/C7H13NO/c1-3-4-5-6-7(9)8-2/h3-4H,5-6H2,1-2H3,(H,8,9)/b4-3-. The highest BCUT2D eigenvalue weighted by Crippen LogP contribution is 1.88. The topological polar surface area (TPSA) is 29.1 Å². The normalized spacial score (nSPS) is 10.0. The largest absolute Gasteiger partial charge is 0.359 e. The first-order valence-electron chi connectivity index (χ1n) is 3.13. The number of carbonyl (C=O) groups excluding carboxylic acids is 1. The molecule has 0 aromatic rings. The lowest BCUT2D eigenvalue weighted by atomic mass is 10.3. The van der Waals surface area contributed by atoms with Crippen molar-refractivity contribution in [2.45, 2.75) is 19.8 Å². The lowest BCUT2D eigenvalue weighted by Gasteiger charge is -1.92. The van der Waals surface area contributed by atoms with Crippen LogP contribution in [0.1, 0.15) is 19.8 Å². The lowest BCUT2D eigenvalue weighted by molar-refractivity contribution is -0.120. The van der Waals surface area contributed by atoms with Crippen molar-refractivity contribution in [3.8, 4) is 0 Å². The van der Waals surface area contributed by atoms with Crippen molar-refractivity contribution in [3.63, 3.8) is 0 Å². The van der Waals surface area contributed by atoms with Gasteiger partial charge in [0.15, 0.2) is 0 Å². The Bertz CT molecular complexity index is 107. The van der Waals surface area contributed by atoms with Crippen LogP contribution in [0.2, 0.25) is 0 Å². The quantitative estimate of drug-likeness (QED) is 0.565. The third-order valence-electron chi connectivity index (χ3n) is 1.05. The van der Waals surface area contributed by atoms with E-state index in [0.717, 1.165) is 6.42 Å². The minimum absolute atomic E-state index is 0.105. The monoisotopic (exact) mass is 127 g/mol. The fourth-order valence-electron chi connectivity index (χ4n) is 0.506. The molecule has 0 unspecified atom stereocenters. The zero-order valence-electron chi connectivity index (χ0n) is 5.98. The molecule has 0 saturated carbocycles. The molecule has 1 N–H and O–H groups in total. The van der Waals surface area contributed by atoms with Gasteiger partial charge in [0.2, 0.25) is 5.91 Å². The molecule has 0 aliphatic carbocycles. The van der Waals surface area contributed by atoms with Crippen LogP contribution in [0, 0.1) is 0 Å². The molecule has 2 heteroatoms. The van der Waals surface area contributed by atoms with Crippen molar-refractivity contribution in [3.05, 3.63) is 12.2 Å². The molecule has 0 aromatic carbocycles. The van der Waals surface area contributed by atoms with Gasteiger partial charge in [-0.15, -0.1) is 0 Å². The van der Waals surface area contributed by atoms with Gasteiger partial charge in [-0.3, -0.25) is 4.79 Å². The van der Waals surface area contributed by atoms with Crippen molar-refractivity contribution in [2.75, 3.05) is 7.05 Å². The van der Waals surface area contributed by atoms with E-state index < -0.39 is 0 Å². The van der Waals surface area contributed by atoms with E-state index in [1.54, 1.807) is 7.05 Å². The summed E-state index contributed by atoms with van der Waals surface area (Å²) in [5.41, 5.74) is 0. The number of hydrogen-bond acceptors (Lipinski definition) is 1. The number of nitrogens with one attached hydrogen (secondary N) is 1. The fourth-order valence-corrected chi connectivity index (χ4v) is 0.506. The second-order valence-corrected chi connectivity index (χ2v) is 1.78. The van der Waals surface area contributed by atoms with Gasteiger partial charge >= 0.3 is 0 Å². The third kappa shape index (κ3) is 5.07. The SMILES string of the molecule is C/C=C\CCC(=O)NC. The molecule has 0 spiro atoms. The zero-order chi connectivity index (χ0) is 7.11. The molecular formula is C7H13NO. The van der Waals surface area contributed by atoms with Gasteiger partial charge < -0.3 is 5.32 Å². The van der Waals surface area contributed by atoms with E-state index in [1.165, 1.54) is 0 Å². The van der Waals surface area contributed by atoms with Crippen LogP contribution in [0.5, 0.6) is 0 Å².